The van der Waals surface area contributed by atoms with E-state index >= 15 is 0 Å². The molecule has 0 spiro atoms. The highest BCUT2D eigenvalue weighted by Gasteiger charge is 2.37. The molecule has 0 aromatic heterocycles. The number of methoxy groups -OCH3 is 1. The van der Waals surface area contributed by atoms with Gasteiger partial charge < -0.3 is 4.74 Å². The van der Waals surface area contributed by atoms with Crippen LogP contribution in [0.5, 0.6) is 0 Å². The molecular formula is C6H12FNO. The Labute approximate surface area is 54.4 Å². The molecule has 0 saturated heterocycles. The Bertz CT molecular complexity index is 97.1. The lowest BCUT2D eigenvalue weighted by molar-refractivity contribution is 0.0856. The zero-order valence-corrected chi connectivity index (χ0v) is 5.73. The number of ether oxygens (including phenoxy) is 1. The molecular weight excluding hydrogens is 121 g/mol. The molecule has 9 heavy (non-hydrogen) atoms. The number of hydrogen-bond donors (Lipinski definition) is 1. The number of nitrogens with one attached hydrogen (secondary N) is 1. The molecule has 0 bridgehead atoms. The highest BCUT2D eigenvalue weighted by Crippen LogP contribution is 2.25. The standard InChI is InChI=1S/C6H12FNO/c1-4(9-2)8-6-3-5(6)7/h4-6,8H,3H2,1-2H3/t4?,5-,6+/m1/s1. The summed E-state index contributed by atoms with van der Waals surface area (Å²) in [7, 11) is 1.60. The van der Waals surface area contributed by atoms with Crippen LogP contribution in [-0.4, -0.2) is 25.6 Å². The van der Waals surface area contributed by atoms with Crippen molar-refractivity contribution >= 4 is 0 Å². The van der Waals surface area contributed by atoms with Gasteiger partial charge in [0.1, 0.15) is 12.4 Å². The zero-order valence-electron chi connectivity index (χ0n) is 5.73. The van der Waals surface area contributed by atoms with Gasteiger partial charge in [-0.15, -0.1) is 0 Å². The van der Waals surface area contributed by atoms with Gasteiger partial charge in [0, 0.05) is 13.2 Å². The van der Waals surface area contributed by atoms with Crippen molar-refractivity contribution in [2.24, 2.45) is 0 Å². The highest BCUT2D eigenvalue weighted by atomic mass is 19.1. The summed E-state index contributed by atoms with van der Waals surface area (Å²) in [5.74, 6) is 0. The first-order chi connectivity index (χ1) is 4.24. The highest BCUT2D eigenvalue weighted by molar-refractivity contribution is 4.93. The molecule has 1 N–H and O–H groups in total. The third-order valence-corrected chi connectivity index (χ3v) is 1.51. The Kier molecular flexibility index (Phi) is 2.03. The van der Waals surface area contributed by atoms with Crippen LogP contribution in [0.1, 0.15) is 13.3 Å². The maximum absolute atomic E-state index is 12.2. The number of alkyl halides is 1. The third kappa shape index (κ3) is 1.91. The molecule has 0 aromatic rings. The van der Waals surface area contributed by atoms with Crippen molar-refractivity contribution in [2.45, 2.75) is 31.8 Å². The van der Waals surface area contributed by atoms with E-state index in [9.17, 15) is 4.39 Å². The average Bonchev–Trinajstić information content (AvgIpc) is 2.47. The number of halogens is 1. The Morgan fingerprint density at radius 3 is 2.67 bits per heavy atom. The van der Waals surface area contributed by atoms with Crippen LogP contribution in [0.15, 0.2) is 0 Å². The van der Waals surface area contributed by atoms with E-state index in [0.29, 0.717) is 6.42 Å². The van der Waals surface area contributed by atoms with Crippen LogP contribution in [0.3, 0.4) is 0 Å². The Morgan fingerprint density at radius 1 is 1.78 bits per heavy atom. The smallest absolute Gasteiger partial charge is 0.117 e. The first-order valence-corrected chi connectivity index (χ1v) is 3.17. The topological polar surface area (TPSA) is 21.3 Å². The van der Waals surface area contributed by atoms with Gasteiger partial charge in [-0.1, -0.05) is 0 Å². The van der Waals surface area contributed by atoms with Gasteiger partial charge in [-0.3, -0.25) is 5.32 Å². The summed E-state index contributed by atoms with van der Waals surface area (Å²) >= 11 is 0. The normalized spacial score (nSPS) is 36.3. The van der Waals surface area contributed by atoms with Crippen LogP contribution < -0.4 is 5.32 Å². The summed E-state index contributed by atoms with van der Waals surface area (Å²) in [4.78, 5) is 0. The Hall–Kier alpha value is -0.150. The lowest BCUT2D eigenvalue weighted by atomic mass is 10.6. The van der Waals surface area contributed by atoms with E-state index in [1.165, 1.54) is 0 Å². The maximum Gasteiger partial charge on any atom is 0.117 e. The molecule has 1 saturated carbocycles. The lowest BCUT2D eigenvalue weighted by Crippen LogP contribution is -2.30. The molecule has 0 aliphatic heterocycles. The summed E-state index contributed by atoms with van der Waals surface area (Å²) < 4.78 is 17.0. The fraction of sp³-hybridized carbons (Fsp3) is 1.00. The fourth-order valence-electron chi connectivity index (χ4n) is 0.706. The molecule has 2 nitrogen and oxygen atoms in total. The monoisotopic (exact) mass is 133 g/mol. The molecule has 3 heteroatoms. The molecule has 1 aliphatic rings. The predicted octanol–water partition coefficient (Wildman–Crippen LogP) is 0.679. The summed E-state index contributed by atoms with van der Waals surface area (Å²) in [6.45, 7) is 1.87. The summed E-state index contributed by atoms with van der Waals surface area (Å²) in [5.41, 5.74) is 0. The molecule has 0 radical (unpaired) electrons. The fourth-order valence-corrected chi connectivity index (χ4v) is 0.706. The number of hydrogen-bond acceptors (Lipinski definition) is 2. The second-order valence-corrected chi connectivity index (χ2v) is 2.40. The van der Waals surface area contributed by atoms with E-state index in [-0.39, 0.29) is 12.3 Å². The second-order valence-electron chi connectivity index (χ2n) is 2.40. The summed E-state index contributed by atoms with van der Waals surface area (Å²) in [6.07, 6.45) is -0.00778. The number of rotatable bonds is 3. The van der Waals surface area contributed by atoms with Gasteiger partial charge in [-0.05, 0) is 13.3 Å². The van der Waals surface area contributed by atoms with E-state index in [1.807, 2.05) is 6.92 Å². The van der Waals surface area contributed by atoms with Crippen LogP contribution >= 0.6 is 0 Å². The Morgan fingerprint density at radius 2 is 2.33 bits per heavy atom. The quantitative estimate of drug-likeness (QED) is 0.571. The van der Waals surface area contributed by atoms with Gasteiger partial charge in [0.05, 0.1) is 0 Å². The van der Waals surface area contributed by atoms with Gasteiger partial charge in [-0.2, -0.15) is 0 Å². The van der Waals surface area contributed by atoms with Crippen LogP contribution in [0.4, 0.5) is 4.39 Å². The van der Waals surface area contributed by atoms with Crippen molar-refractivity contribution in [2.75, 3.05) is 7.11 Å². The van der Waals surface area contributed by atoms with Crippen LogP contribution in [0, 0.1) is 0 Å². The minimum Gasteiger partial charge on any atom is -0.367 e. The molecule has 0 amide bonds. The zero-order chi connectivity index (χ0) is 6.85. The summed E-state index contributed by atoms with van der Waals surface area (Å²) in [5, 5.41) is 2.96. The van der Waals surface area contributed by atoms with E-state index in [4.69, 9.17) is 4.74 Å². The summed E-state index contributed by atoms with van der Waals surface area (Å²) in [6, 6.07) is 0.0555. The van der Waals surface area contributed by atoms with Gasteiger partial charge in [0.2, 0.25) is 0 Å². The minimum atomic E-state index is -0.636. The molecule has 0 aromatic carbocycles. The van der Waals surface area contributed by atoms with Crippen LogP contribution in [0.2, 0.25) is 0 Å². The average molecular weight is 133 g/mol. The molecule has 1 fully saturated rings. The van der Waals surface area contributed by atoms with Crippen molar-refractivity contribution in [1.82, 2.24) is 5.32 Å². The van der Waals surface area contributed by atoms with Crippen molar-refractivity contribution in [1.29, 1.82) is 0 Å². The lowest BCUT2D eigenvalue weighted by Gasteiger charge is -2.09. The van der Waals surface area contributed by atoms with Crippen LogP contribution in [-0.2, 0) is 4.74 Å². The molecule has 1 unspecified atom stereocenters. The SMILES string of the molecule is COC(C)N[C@H]1C[C@H]1F. The molecule has 1 aliphatic carbocycles. The van der Waals surface area contributed by atoms with E-state index in [0.717, 1.165) is 0 Å². The van der Waals surface area contributed by atoms with Gasteiger partial charge in [0.15, 0.2) is 0 Å². The van der Waals surface area contributed by atoms with E-state index in [1.54, 1.807) is 7.11 Å². The second kappa shape index (κ2) is 2.62. The predicted molar refractivity (Wildman–Crippen MR) is 32.9 cm³/mol. The van der Waals surface area contributed by atoms with E-state index in [2.05, 4.69) is 5.32 Å². The van der Waals surface area contributed by atoms with Crippen molar-refractivity contribution in [3.8, 4) is 0 Å². The van der Waals surface area contributed by atoms with Crippen molar-refractivity contribution in [3.05, 3.63) is 0 Å². The third-order valence-electron chi connectivity index (χ3n) is 1.51. The molecule has 54 valence electrons. The minimum absolute atomic E-state index is 0.0178. The first-order valence-electron chi connectivity index (χ1n) is 3.17. The van der Waals surface area contributed by atoms with Gasteiger partial charge in [0.25, 0.3) is 0 Å². The largest absolute Gasteiger partial charge is 0.367 e. The van der Waals surface area contributed by atoms with Crippen LogP contribution in [0.25, 0.3) is 0 Å². The van der Waals surface area contributed by atoms with Crippen molar-refractivity contribution < 1.29 is 9.13 Å². The molecule has 3 atom stereocenters. The van der Waals surface area contributed by atoms with Gasteiger partial charge >= 0.3 is 0 Å². The first kappa shape index (κ1) is 6.96. The van der Waals surface area contributed by atoms with Crippen molar-refractivity contribution in [3.63, 3.8) is 0 Å². The maximum atomic E-state index is 12.2. The molecule has 0 heterocycles. The van der Waals surface area contributed by atoms with Gasteiger partial charge in [-0.25, -0.2) is 4.39 Å². The van der Waals surface area contributed by atoms with E-state index < -0.39 is 6.17 Å². The Balaban J connectivity index is 2.05. The molecule has 1 rings (SSSR count).